The third-order valence-corrected chi connectivity index (χ3v) is 3.56. The molecule has 0 unspecified atom stereocenters. The second kappa shape index (κ2) is 6.98. The van der Waals surface area contributed by atoms with E-state index in [0.717, 1.165) is 16.5 Å². The van der Waals surface area contributed by atoms with Crippen molar-refractivity contribution < 1.29 is 5.11 Å². The predicted molar refractivity (Wildman–Crippen MR) is 55.6 cm³/mol. The molecular weight excluding hydrogens is 276 g/mol. The van der Waals surface area contributed by atoms with Gasteiger partial charge in [0.2, 0.25) is 0 Å². The molecule has 0 aliphatic carbocycles. The van der Waals surface area contributed by atoms with Crippen LogP contribution in [0.25, 0.3) is 0 Å². The van der Waals surface area contributed by atoms with Gasteiger partial charge in [0.15, 0.2) is 0 Å². The van der Waals surface area contributed by atoms with Gasteiger partial charge in [-0.25, -0.2) is 0 Å². The van der Waals surface area contributed by atoms with E-state index in [9.17, 15) is 0 Å². The third kappa shape index (κ3) is 4.96. The number of aliphatic hydroxyl groups is 1. The summed E-state index contributed by atoms with van der Waals surface area (Å²) in [6.45, 7) is 0.303. The SMILES string of the molecule is OCCC[Te]C#Cc1ccccc1. The Bertz CT molecular complexity index is 284. The molecule has 1 nitrogen and oxygen atoms in total. The van der Waals surface area contributed by atoms with Crippen molar-refractivity contribution in [3.63, 3.8) is 0 Å². The molecule has 0 saturated carbocycles. The summed E-state index contributed by atoms with van der Waals surface area (Å²) in [6.07, 6.45) is 0.908. The van der Waals surface area contributed by atoms with E-state index in [1.807, 2.05) is 30.3 Å². The molecule has 0 spiro atoms. The van der Waals surface area contributed by atoms with Crippen molar-refractivity contribution in [3.8, 4) is 9.89 Å². The van der Waals surface area contributed by atoms with E-state index in [1.165, 1.54) is 0 Å². The Morgan fingerprint density at radius 1 is 1.23 bits per heavy atom. The van der Waals surface area contributed by atoms with Gasteiger partial charge in [0.25, 0.3) is 0 Å². The van der Waals surface area contributed by atoms with E-state index in [-0.39, 0.29) is 20.9 Å². The normalized spacial score (nSPS) is 9.00. The number of benzene rings is 1. The Balaban J connectivity index is 2.31. The van der Waals surface area contributed by atoms with Crippen LogP contribution in [-0.4, -0.2) is 32.6 Å². The molecule has 0 aromatic heterocycles. The second-order valence-corrected chi connectivity index (χ2v) is 5.09. The van der Waals surface area contributed by atoms with Gasteiger partial charge >= 0.3 is 89.3 Å². The minimum absolute atomic E-state index is 0.192. The van der Waals surface area contributed by atoms with Crippen LogP contribution in [-0.2, 0) is 0 Å². The first-order valence-electron chi connectivity index (χ1n) is 4.22. The zero-order chi connectivity index (χ0) is 9.36. The van der Waals surface area contributed by atoms with Crippen LogP contribution in [0.3, 0.4) is 0 Å². The summed E-state index contributed by atoms with van der Waals surface area (Å²) in [5.74, 6) is 3.13. The summed E-state index contributed by atoms with van der Waals surface area (Å²) in [5, 5.41) is 8.56. The van der Waals surface area contributed by atoms with Crippen LogP contribution in [0.2, 0.25) is 4.47 Å². The molecule has 1 aromatic rings. The number of hydrogen-bond acceptors (Lipinski definition) is 1. The monoisotopic (exact) mass is 290 g/mol. The zero-order valence-electron chi connectivity index (χ0n) is 7.36. The van der Waals surface area contributed by atoms with E-state index >= 15 is 0 Å². The van der Waals surface area contributed by atoms with Crippen LogP contribution in [0.5, 0.6) is 0 Å². The average Bonchev–Trinajstić information content (AvgIpc) is 2.19. The van der Waals surface area contributed by atoms with E-state index in [4.69, 9.17) is 5.11 Å². The molecule has 0 radical (unpaired) electrons. The van der Waals surface area contributed by atoms with E-state index in [1.54, 1.807) is 0 Å². The molecule has 0 amide bonds. The van der Waals surface area contributed by atoms with Crippen LogP contribution in [0, 0.1) is 9.89 Å². The van der Waals surface area contributed by atoms with Crippen LogP contribution >= 0.6 is 0 Å². The zero-order valence-corrected chi connectivity index (χ0v) is 9.69. The fourth-order valence-corrected chi connectivity index (χ4v) is 2.42. The molecule has 13 heavy (non-hydrogen) atoms. The van der Waals surface area contributed by atoms with Gasteiger partial charge in [-0.3, -0.25) is 0 Å². The summed E-state index contributed by atoms with van der Waals surface area (Å²) >= 11 is -0.192. The maximum atomic E-state index is 8.56. The number of aliphatic hydroxyl groups excluding tert-OH is 1. The molecule has 1 N–H and O–H groups in total. The fourth-order valence-electron chi connectivity index (χ4n) is 0.804. The predicted octanol–water partition coefficient (Wildman–Crippen LogP) is 1.50. The number of hydrogen-bond donors (Lipinski definition) is 1. The van der Waals surface area contributed by atoms with Gasteiger partial charge in [0.05, 0.1) is 0 Å². The van der Waals surface area contributed by atoms with E-state index in [0.29, 0.717) is 6.61 Å². The summed E-state index contributed by atoms with van der Waals surface area (Å²) in [6, 6.07) is 10.0. The van der Waals surface area contributed by atoms with Crippen molar-refractivity contribution in [1.29, 1.82) is 0 Å². The molecule has 0 atom stereocenters. The Kier molecular flexibility index (Phi) is 5.70. The van der Waals surface area contributed by atoms with Crippen molar-refractivity contribution in [2.24, 2.45) is 0 Å². The van der Waals surface area contributed by atoms with Gasteiger partial charge < -0.3 is 0 Å². The average molecular weight is 288 g/mol. The Labute approximate surface area is 89.3 Å². The summed E-state index contributed by atoms with van der Waals surface area (Å²) in [5.41, 5.74) is 1.09. The first kappa shape index (κ1) is 10.6. The first-order valence-corrected chi connectivity index (χ1v) is 7.03. The van der Waals surface area contributed by atoms with Crippen LogP contribution in [0.4, 0.5) is 0 Å². The van der Waals surface area contributed by atoms with E-state index < -0.39 is 0 Å². The van der Waals surface area contributed by atoms with Crippen LogP contribution in [0.15, 0.2) is 30.3 Å². The quantitative estimate of drug-likeness (QED) is 0.507. The van der Waals surface area contributed by atoms with E-state index in [2.05, 4.69) is 9.89 Å². The molecule has 0 fully saturated rings. The second-order valence-electron chi connectivity index (χ2n) is 2.52. The van der Waals surface area contributed by atoms with Crippen molar-refractivity contribution >= 4 is 20.9 Å². The molecule has 0 aliphatic rings. The molecule has 0 heterocycles. The molecule has 0 aliphatic heterocycles. The van der Waals surface area contributed by atoms with Crippen molar-refractivity contribution in [2.45, 2.75) is 10.9 Å². The van der Waals surface area contributed by atoms with Crippen molar-refractivity contribution in [1.82, 2.24) is 0 Å². The molecule has 0 bridgehead atoms. The van der Waals surface area contributed by atoms with Gasteiger partial charge in [-0.1, -0.05) is 0 Å². The number of rotatable bonds is 3. The Morgan fingerprint density at radius 2 is 2.00 bits per heavy atom. The minimum atomic E-state index is -0.192. The van der Waals surface area contributed by atoms with Gasteiger partial charge in [0, 0.05) is 0 Å². The van der Waals surface area contributed by atoms with Gasteiger partial charge in [-0.05, 0) is 0 Å². The molecule has 1 rings (SSSR count). The van der Waals surface area contributed by atoms with Crippen molar-refractivity contribution in [2.75, 3.05) is 6.61 Å². The molecule has 68 valence electrons. The third-order valence-electron chi connectivity index (χ3n) is 1.45. The standard InChI is InChI=1S/C11H12OTe/c12-8-4-9-13-10-7-11-5-2-1-3-6-11/h1-3,5-6,12H,4,8-9H2. The molecule has 1 aromatic carbocycles. The molecular formula is C11H12OTe. The Hall–Kier alpha value is -0.470. The van der Waals surface area contributed by atoms with Gasteiger partial charge in [0.1, 0.15) is 0 Å². The van der Waals surface area contributed by atoms with Crippen molar-refractivity contribution in [3.05, 3.63) is 35.9 Å². The first-order chi connectivity index (χ1) is 6.43. The Morgan fingerprint density at radius 3 is 2.69 bits per heavy atom. The maximum absolute atomic E-state index is 8.56. The molecule has 0 saturated heterocycles. The fraction of sp³-hybridized carbons (Fsp3) is 0.273. The summed E-state index contributed by atoms with van der Waals surface area (Å²) in [4.78, 5) is 0. The summed E-state index contributed by atoms with van der Waals surface area (Å²) < 4.78 is 4.32. The summed E-state index contributed by atoms with van der Waals surface area (Å²) in [7, 11) is 0. The van der Waals surface area contributed by atoms with Crippen LogP contribution in [0.1, 0.15) is 12.0 Å². The van der Waals surface area contributed by atoms with Gasteiger partial charge in [-0.2, -0.15) is 0 Å². The van der Waals surface area contributed by atoms with Gasteiger partial charge in [-0.15, -0.1) is 0 Å². The molecule has 2 heteroatoms. The topological polar surface area (TPSA) is 20.2 Å². The van der Waals surface area contributed by atoms with Crippen LogP contribution < -0.4 is 0 Å².